The number of urea groups is 1. The Bertz CT molecular complexity index is 625. The molecule has 2 unspecified atom stereocenters. The molecule has 0 spiro atoms. The molecule has 0 bridgehead atoms. The smallest absolute Gasteiger partial charge is 0.319 e. The zero-order valence-corrected chi connectivity index (χ0v) is 14.5. The van der Waals surface area contributed by atoms with Gasteiger partial charge in [0.25, 0.3) is 0 Å². The number of benzene rings is 1. The Balaban J connectivity index is 1.60. The summed E-state index contributed by atoms with van der Waals surface area (Å²) in [6, 6.07) is 5.71. The van der Waals surface area contributed by atoms with Crippen LogP contribution in [-0.2, 0) is 4.79 Å². The standard InChI is InChI=1S/C19H27N3O2/c1-12-5-3-4-6-16(12)21-19(24)22-17-11-15(10-7-13(17)2)20-18(23)14-8-9-14/h7,10-12,14,16H,3-6,8-9H2,1-2H3,(H,20,23)(H2,21,22,24). The van der Waals surface area contributed by atoms with Crippen LogP contribution in [-0.4, -0.2) is 18.0 Å². The maximum atomic E-state index is 12.3. The quantitative estimate of drug-likeness (QED) is 0.780. The lowest BCUT2D eigenvalue weighted by atomic mass is 9.86. The molecule has 3 N–H and O–H groups in total. The molecular formula is C19H27N3O2. The van der Waals surface area contributed by atoms with E-state index in [4.69, 9.17) is 0 Å². The summed E-state index contributed by atoms with van der Waals surface area (Å²) < 4.78 is 0. The predicted molar refractivity (Wildman–Crippen MR) is 96.1 cm³/mol. The van der Waals surface area contributed by atoms with Gasteiger partial charge in [0.1, 0.15) is 0 Å². The van der Waals surface area contributed by atoms with Gasteiger partial charge in [0.15, 0.2) is 0 Å². The summed E-state index contributed by atoms with van der Waals surface area (Å²) in [6.07, 6.45) is 6.60. The van der Waals surface area contributed by atoms with E-state index in [2.05, 4.69) is 22.9 Å². The monoisotopic (exact) mass is 329 g/mol. The van der Waals surface area contributed by atoms with E-state index in [1.54, 1.807) is 0 Å². The number of amides is 3. The molecule has 2 saturated carbocycles. The predicted octanol–water partition coefficient (Wildman–Crippen LogP) is 4.04. The molecule has 130 valence electrons. The summed E-state index contributed by atoms with van der Waals surface area (Å²) in [5.41, 5.74) is 2.45. The van der Waals surface area contributed by atoms with Crippen molar-refractivity contribution in [3.63, 3.8) is 0 Å². The fourth-order valence-corrected chi connectivity index (χ4v) is 3.28. The first-order valence-electron chi connectivity index (χ1n) is 9.02. The second-order valence-electron chi connectivity index (χ2n) is 7.26. The van der Waals surface area contributed by atoms with Gasteiger partial charge in [-0.05, 0) is 56.2 Å². The molecule has 1 aromatic rings. The highest BCUT2D eigenvalue weighted by Crippen LogP contribution is 2.31. The first-order chi connectivity index (χ1) is 11.5. The van der Waals surface area contributed by atoms with Gasteiger partial charge in [0, 0.05) is 23.3 Å². The number of aryl methyl sites for hydroxylation is 1. The molecule has 2 aliphatic rings. The minimum atomic E-state index is -0.164. The summed E-state index contributed by atoms with van der Waals surface area (Å²) in [6.45, 7) is 4.15. The molecule has 0 aliphatic heterocycles. The van der Waals surface area contributed by atoms with Crippen LogP contribution in [0, 0.1) is 18.8 Å². The molecule has 24 heavy (non-hydrogen) atoms. The summed E-state index contributed by atoms with van der Waals surface area (Å²) >= 11 is 0. The molecule has 0 saturated heterocycles. The summed E-state index contributed by atoms with van der Waals surface area (Å²) in [5.74, 6) is 0.763. The Morgan fingerprint density at radius 2 is 1.79 bits per heavy atom. The van der Waals surface area contributed by atoms with Crippen molar-refractivity contribution in [1.82, 2.24) is 5.32 Å². The Morgan fingerprint density at radius 1 is 1.04 bits per heavy atom. The number of carbonyl (C=O) groups is 2. The van der Waals surface area contributed by atoms with Crippen molar-refractivity contribution in [2.75, 3.05) is 10.6 Å². The highest BCUT2D eigenvalue weighted by molar-refractivity contribution is 5.96. The highest BCUT2D eigenvalue weighted by Gasteiger charge is 2.29. The molecule has 2 fully saturated rings. The average molecular weight is 329 g/mol. The highest BCUT2D eigenvalue weighted by atomic mass is 16.2. The van der Waals surface area contributed by atoms with E-state index in [0.29, 0.717) is 5.92 Å². The lowest BCUT2D eigenvalue weighted by Gasteiger charge is -2.29. The van der Waals surface area contributed by atoms with E-state index in [-0.39, 0.29) is 23.9 Å². The van der Waals surface area contributed by atoms with Gasteiger partial charge < -0.3 is 16.0 Å². The van der Waals surface area contributed by atoms with Gasteiger partial charge in [-0.1, -0.05) is 25.8 Å². The summed E-state index contributed by atoms with van der Waals surface area (Å²) in [5, 5.41) is 8.95. The summed E-state index contributed by atoms with van der Waals surface area (Å²) in [4.78, 5) is 24.2. The maximum Gasteiger partial charge on any atom is 0.319 e. The molecule has 0 heterocycles. The van der Waals surface area contributed by atoms with Crippen LogP contribution in [0.3, 0.4) is 0 Å². The molecular weight excluding hydrogens is 302 g/mol. The number of anilines is 2. The Hall–Kier alpha value is -2.04. The zero-order chi connectivity index (χ0) is 17.1. The van der Waals surface area contributed by atoms with E-state index in [1.807, 2.05) is 25.1 Å². The van der Waals surface area contributed by atoms with E-state index >= 15 is 0 Å². The van der Waals surface area contributed by atoms with Crippen LogP contribution in [0.2, 0.25) is 0 Å². The fraction of sp³-hybridized carbons (Fsp3) is 0.579. The topological polar surface area (TPSA) is 70.2 Å². The van der Waals surface area contributed by atoms with Gasteiger partial charge in [-0.3, -0.25) is 4.79 Å². The molecule has 5 heteroatoms. The number of nitrogens with one attached hydrogen (secondary N) is 3. The lowest BCUT2D eigenvalue weighted by molar-refractivity contribution is -0.117. The number of hydrogen-bond acceptors (Lipinski definition) is 2. The largest absolute Gasteiger partial charge is 0.335 e. The van der Waals surface area contributed by atoms with E-state index in [0.717, 1.165) is 36.2 Å². The third-order valence-electron chi connectivity index (χ3n) is 5.13. The Kier molecular flexibility index (Phi) is 5.07. The zero-order valence-electron chi connectivity index (χ0n) is 14.5. The first kappa shape index (κ1) is 16.8. The lowest BCUT2D eigenvalue weighted by Crippen LogP contribution is -2.43. The van der Waals surface area contributed by atoms with Crippen LogP contribution in [0.1, 0.15) is 51.0 Å². The normalized spacial score (nSPS) is 23.4. The Morgan fingerprint density at radius 3 is 2.50 bits per heavy atom. The van der Waals surface area contributed by atoms with Gasteiger partial charge in [-0.2, -0.15) is 0 Å². The van der Waals surface area contributed by atoms with Crippen LogP contribution in [0.15, 0.2) is 18.2 Å². The van der Waals surface area contributed by atoms with Crippen molar-refractivity contribution in [3.8, 4) is 0 Å². The SMILES string of the molecule is Cc1ccc(NC(=O)C2CC2)cc1NC(=O)NC1CCCCC1C. The molecule has 1 aromatic carbocycles. The molecule has 2 atom stereocenters. The van der Waals surface area contributed by atoms with Crippen molar-refractivity contribution < 1.29 is 9.59 Å². The molecule has 5 nitrogen and oxygen atoms in total. The van der Waals surface area contributed by atoms with Gasteiger partial charge in [-0.25, -0.2) is 4.79 Å². The van der Waals surface area contributed by atoms with Gasteiger partial charge >= 0.3 is 6.03 Å². The van der Waals surface area contributed by atoms with Crippen LogP contribution in [0.4, 0.5) is 16.2 Å². The van der Waals surface area contributed by atoms with E-state index < -0.39 is 0 Å². The Labute approximate surface area is 143 Å². The summed E-state index contributed by atoms with van der Waals surface area (Å²) in [7, 11) is 0. The van der Waals surface area contributed by atoms with Crippen molar-refractivity contribution in [2.24, 2.45) is 11.8 Å². The second-order valence-corrected chi connectivity index (χ2v) is 7.26. The maximum absolute atomic E-state index is 12.3. The molecule has 3 amide bonds. The molecule has 0 aromatic heterocycles. The molecule has 2 aliphatic carbocycles. The fourth-order valence-electron chi connectivity index (χ4n) is 3.28. The van der Waals surface area contributed by atoms with Crippen molar-refractivity contribution >= 4 is 23.3 Å². The van der Waals surface area contributed by atoms with Crippen molar-refractivity contribution in [1.29, 1.82) is 0 Å². The van der Waals surface area contributed by atoms with E-state index in [1.165, 1.54) is 19.3 Å². The minimum absolute atomic E-state index is 0.0743. The average Bonchev–Trinajstić information content (AvgIpc) is 3.38. The third kappa shape index (κ3) is 4.28. The number of carbonyl (C=O) groups excluding carboxylic acids is 2. The first-order valence-corrected chi connectivity index (χ1v) is 9.02. The minimum Gasteiger partial charge on any atom is -0.335 e. The van der Waals surface area contributed by atoms with E-state index in [9.17, 15) is 9.59 Å². The van der Waals surface area contributed by atoms with Crippen molar-refractivity contribution in [3.05, 3.63) is 23.8 Å². The van der Waals surface area contributed by atoms with Crippen LogP contribution in [0.5, 0.6) is 0 Å². The second kappa shape index (κ2) is 7.24. The van der Waals surface area contributed by atoms with Crippen LogP contribution in [0.25, 0.3) is 0 Å². The van der Waals surface area contributed by atoms with Crippen molar-refractivity contribution in [2.45, 2.75) is 58.4 Å². The number of hydrogen-bond donors (Lipinski definition) is 3. The van der Waals surface area contributed by atoms with Gasteiger partial charge in [0.05, 0.1) is 0 Å². The molecule has 3 rings (SSSR count). The van der Waals surface area contributed by atoms with Gasteiger partial charge in [-0.15, -0.1) is 0 Å². The molecule has 0 radical (unpaired) electrons. The third-order valence-corrected chi connectivity index (χ3v) is 5.13. The number of rotatable bonds is 4. The van der Waals surface area contributed by atoms with Crippen LogP contribution >= 0.6 is 0 Å². The van der Waals surface area contributed by atoms with Gasteiger partial charge in [0.2, 0.25) is 5.91 Å². The van der Waals surface area contributed by atoms with Crippen LogP contribution < -0.4 is 16.0 Å².